The number of cyclic esters (lactones) is 1. The highest BCUT2D eigenvalue weighted by atomic mass is 35.5. The van der Waals surface area contributed by atoms with Crippen molar-refractivity contribution in [2.45, 2.75) is 38.2 Å². The van der Waals surface area contributed by atoms with Crippen molar-refractivity contribution in [1.82, 2.24) is 19.7 Å². The minimum atomic E-state index is -0.905. The molecule has 1 aliphatic rings. The lowest BCUT2D eigenvalue weighted by atomic mass is 9.85. The molecule has 5 rings (SSSR count). The number of esters is 2. The lowest BCUT2D eigenvalue weighted by molar-refractivity contribution is -0.159. The van der Waals surface area contributed by atoms with Gasteiger partial charge in [0.1, 0.15) is 11.2 Å². The summed E-state index contributed by atoms with van der Waals surface area (Å²) in [4.78, 5) is 55.9. The van der Waals surface area contributed by atoms with E-state index >= 15 is 0 Å². The number of H-pyrrole nitrogens is 1. The molecule has 1 atom stereocenters. The van der Waals surface area contributed by atoms with E-state index in [0.29, 0.717) is 27.6 Å². The van der Waals surface area contributed by atoms with Crippen LogP contribution in [0.1, 0.15) is 35.7 Å². The van der Waals surface area contributed by atoms with E-state index < -0.39 is 34.7 Å². The molecule has 1 aliphatic heterocycles. The second-order valence-electron chi connectivity index (χ2n) is 9.53. The highest BCUT2D eigenvalue weighted by Gasteiger charge is 2.35. The summed E-state index contributed by atoms with van der Waals surface area (Å²) in [6.07, 6.45) is 0.301. The van der Waals surface area contributed by atoms with E-state index in [1.807, 2.05) is 44.2 Å². The van der Waals surface area contributed by atoms with E-state index in [1.54, 1.807) is 0 Å². The number of carbonyl (C=O) groups is 2. The number of halogens is 2. The van der Waals surface area contributed by atoms with Crippen LogP contribution in [0.25, 0.3) is 16.9 Å². The molecular formula is C27H22Cl2N4O6S. The molecule has 40 heavy (non-hydrogen) atoms. The van der Waals surface area contributed by atoms with Crippen LogP contribution in [0.4, 0.5) is 0 Å². The number of carbonyl (C=O) groups excluding carboxylic acids is 2. The third-order valence-corrected chi connectivity index (χ3v) is 8.33. The summed E-state index contributed by atoms with van der Waals surface area (Å²) in [5, 5.41) is 5.00. The van der Waals surface area contributed by atoms with Crippen molar-refractivity contribution >= 4 is 46.5 Å². The van der Waals surface area contributed by atoms with E-state index in [4.69, 9.17) is 37.7 Å². The molecule has 0 radical (unpaired) electrons. The molecule has 206 valence electrons. The Labute approximate surface area is 241 Å². The smallest absolute Gasteiger partial charge is 0.349 e. The summed E-state index contributed by atoms with van der Waals surface area (Å²) >= 11 is 14.8. The van der Waals surface area contributed by atoms with Crippen LogP contribution < -0.4 is 11.2 Å². The maximum atomic E-state index is 12.8. The molecule has 1 fully saturated rings. The van der Waals surface area contributed by atoms with Gasteiger partial charge < -0.3 is 9.47 Å². The predicted octanol–water partition coefficient (Wildman–Crippen LogP) is 4.08. The maximum Gasteiger partial charge on any atom is 0.349 e. The topological polar surface area (TPSA) is 133 Å². The van der Waals surface area contributed by atoms with Crippen molar-refractivity contribution < 1.29 is 19.1 Å². The van der Waals surface area contributed by atoms with Gasteiger partial charge >= 0.3 is 17.6 Å². The lowest BCUT2D eigenvalue weighted by Gasteiger charge is -2.26. The zero-order chi connectivity index (χ0) is 28.6. The number of ether oxygens (including phenoxy) is 2. The first-order valence-corrected chi connectivity index (χ1v) is 13.7. The van der Waals surface area contributed by atoms with E-state index in [9.17, 15) is 19.2 Å². The predicted molar refractivity (Wildman–Crippen MR) is 149 cm³/mol. The summed E-state index contributed by atoms with van der Waals surface area (Å²) in [7, 11) is 0. The molecule has 1 unspecified atom stereocenters. The number of aromatic nitrogens is 4. The highest BCUT2D eigenvalue weighted by Crippen LogP contribution is 2.44. The van der Waals surface area contributed by atoms with Gasteiger partial charge in [-0.3, -0.25) is 14.6 Å². The molecule has 1 N–H and O–H groups in total. The van der Waals surface area contributed by atoms with Crippen molar-refractivity contribution in [1.29, 1.82) is 0 Å². The number of thiazole rings is 1. The van der Waals surface area contributed by atoms with Crippen LogP contribution >= 0.6 is 34.5 Å². The molecule has 13 heteroatoms. The van der Waals surface area contributed by atoms with Crippen molar-refractivity contribution in [2.75, 3.05) is 6.61 Å². The third kappa shape index (κ3) is 5.45. The Morgan fingerprint density at radius 3 is 2.50 bits per heavy atom. The Kier molecular flexibility index (Phi) is 7.63. The van der Waals surface area contributed by atoms with Gasteiger partial charge in [0.25, 0.3) is 5.56 Å². The Balaban J connectivity index is 1.53. The fraction of sp³-hybridized carbons (Fsp3) is 0.259. The van der Waals surface area contributed by atoms with E-state index in [1.165, 1.54) is 23.5 Å². The average molecular weight is 601 g/mol. The molecule has 1 saturated heterocycles. The van der Waals surface area contributed by atoms with Crippen LogP contribution in [0.5, 0.6) is 0 Å². The minimum Gasteiger partial charge on any atom is -0.463 e. The van der Waals surface area contributed by atoms with Crippen LogP contribution in [-0.4, -0.2) is 44.4 Å². The van der Waals surface area contributed by atoms with E-state index in [-0.39, 0.29) is 28.8 Å². The van der Waals surface area contributed by atoms with Gasteiger partial charge in [0.2, 0.25) is 6.10 Å². The molecule has 0 saturated carbocycles. The second kappa shape index (κ2) is 11.0. The zero-order valence-electron chi connectivity index (χ0n) is 21.3. The first-order chi connectivity index (χ1) is 19.0. The van der Waals surface area contributed by atoms with Crippen molar-refractivity contribution in [2.24, 2.45) is 0 Å². The summed E-state index contributed by atoms with van der Waals surface area (Å²) in [6, 6.07) is 12.5. The molecule has 10 nitrogen and oxygen atoms in total. The summed E-state index contributed by atoms with van der Waals surface area (Å²) < 4.78 is 11.2. The van der Waals surface area contributed by atoms with Gasteiger partial charge in [-0.15, -0.1) is 11.3 Å². The third-order valence-electron chi connectivity index (χ3n) is 6.35. The van der Waals surface area contributed by atoms with Crippen molar-refractivity contribution in [3.05, 3.63) is 95.0 Å². The van der Waals surface area contributed by atoms with Gasteiger partial charge in [-0.25, -0.2) is 14.6 Å². The van der Waals surface area contributed by atoms with Gasteiger partial charge in [-0.05, 0) is 26.0 Å². The molecule has 2 aromatic carbocycles. The van der Waals surface area contributed by atoms with Gasteiger partial charge in [-0.1, -0.05) is 53.5 Å². The summed E-state index contributed by atoms with van der Waals surface area (Å²) in [5.74, 6) is -1.11. The molecule has 2 aromatic heterocycles. The van der Waals surface area contributed by atoms with Crippen molar-refractivity contribution in [3.63, 3.8) is 0 Å². The van der Waals surface area contributed by atoms with Gasteiger partial charge in [0.05, 0.1) is 24.4 Å². The Morgan fingerprint density at radius 2 is 1.88 bits per heavy atom. The van der Waals surface area contributed by atoms with Crippen LogP contribution in [0.3, 0.4) is 0 Å². The van der Waals surface area contributed by atoms with Crippen LogP contribution in [0.15, 0.2) is 58.3 Å². The average Bonchev–Trinajstić information content (AvgIpc) is 3.50. The quantitative estimate of drug-likeness (QED) is 0.314. The molecular weight excluding hydrogens is 579 g/mol. The summed E-state index contributed by atoms with van der Waals surface area (Å²) in [6.45, 7) is 4.01. The number of aromatic amines is 1. The minimum absolute atomic E-state index is 0.0943. The summed E-state index contributed by atoms with van der Waals surface area (Å²) in [5.41, 5.74) is 0.0368. The van der Waals surface area contributed by atoms with E-state index in [0.717, 1.165) is 16.4 Å². The number of benzene rings is 2. The Hall–Kier alpha value is -3.80. The number of hydrogen-bond acceptors (Lipinski definition) is 9. The van der Waals surface area contributed by atoms with Gasteiger partial charge in [-0.2, -0.15) is 9.78 Å². The number of hydrogen-bond donors (Lipinski definition) is 1. The monoisotopic (exact) mass is 600 g/mol. The molecule has 0 aliphatic carbocycles. The number of nitrogens with zero attached hydrogens (tertiary/aromatic N) is 3. The molecule has 3 heterocycles. The number of nitrogens with one attached hydrogen (secondary N) is 1. The molecule has 0 bridgehead atoms. The standard InChI is InChI=1S/C27H22Cl2N4O6S/c1-27(2,22-16(28)10-15(11-17(22)29)33-26(37)31-20(34)13-30-33)25-32-23(14-6-4-3-5-7-14)19(40-25)12-21(35)39-18-8-9-38-24(18)36/h3-7,10-11,13,18H,8-9,12H2,1-2H3,(H,31,34,37). The largest absolute Gasteiger partial charge is 0.463 e. The Bertz CT molecular complexity index is 1710. The van der Waals surface area contributed by atoms with E-state index in [2.05, 4.69) is 10.1 Å². The molecule has 0 amide bonds. The second-order valence-corrected chi connectivity index (χ2v) is 11.4. The lowest BCUT2D eigenvalue weighted by Crippen LogP contribution is -2.30. The first-order valence-electron chi connectivity index (χ1n) is 12.1. The fourth-order valence-electron chi connectivity index (χ4n) is 4.40. The fourth-order valence-corrected chi connectivity index (χ4v) is 6.53. The first kappa shape index (κ1) is 27.8. The Morgan fingerprint density at radius 1 is 1.18 bits per heavy atom. The zero-order valence-corrected chi connectivity index (χ0v) is 23.6. The van der Waals surface area contributed by atoms with Gasteiger partial charge in [0, 0.05) is 37.9 Å². The molecule has 4 aromatic rings. The normalized spacial score (nSPS) is 15.2. The van der Waals surface area contributed by atoms with Crippen LogP contribution in [0.2, 0.25) is 10.0 Å². The highest BCUT2D eigenvalue weighted by molar-refractivity contribution is 7.12. The van der Waals surface area contributed by atoms with Gasteiger partial charge in [0.15, 0.2) is 0 Å². The van der Waals surface area contributed by atoms with Crippen LogP contribution in [-0.2, 0) is 30.9 Å². The maximum absolute atomic E-state index is 12.8. The molecule has 0 spiro atoms. The van der Waals surface area contributed by atoms with Crippen molar-refractivity contribution in [3.8, 4) is 16.9 Å². The van der Waals surface area contributed by atoms with Crippen LogP contribution in [0, 0.1) is 0 Å². The number of rotatable bonds is 7. The SMILES string of the molecule is CC(C)(c1nc(-c2ccccc2)c(CC(=O)OC2CCOC2=O)s1)c1c(Cl)cc(-n2ncc(=O)[nH]c2=O)cc1Cl.